The molecule has 31 heavy (non-hydrogen) atoms. The predicted molar refractivity (Wildman–Crippen MR) is 116 cm³/mol. The topological polar surface area (TPSA) is 107 Å². The van der Waals surface area contributed by atoms with Gasteiger partial charge in [-0.2, -0.15) is 10.3 Å². The Morgan fingerprint density at radius 3 is 2.52 bits per heavy atom. The largest absolute Gasteiger partial charge is 0.294 e. The van der Waals surface area contributed by atoms with Gasteiger partial charge in [0.15, 0.2) is 5.65 Å². The molecular formula is C22H20N8O. The van der Waals surface area contributed by atoms with Crippen molar-refractivity contribution in [1.29, 1.82) is 0 Å². The van der Waals surface area contributed by atoms with Crippen molar-refractivity contribution in [3.05, 3.63) is 77.0 Å². The van der Waals surface area contributed by atoms with Crippen LogP contribution in [-0.2, 0) is 6.54 Å². The second-order valence-electron chi connectivity index (χ2n) is 7.60. The van der Waals surface area contributed by atoms with E-state index in [9.17, 15) is 4.79 Å². The van der Waals surface area contributed by atoms with Gasteiger partial charge in [-0.05, 0) is 35.8 Å². The maximum atomic E-state index is 12.9. The molecule has 0 radical (unpaired) electrons. The molecule has 0 saturated heterocycles. The van der Waals surface area contributed by atoms with Crippen molar-refractivity contribution >= 4 is 11.0 Å². The second-order valence-corrected chi connectivity index (χ2v) is 7.60. The highest BCUT2D eigenvalue weighted by Crippen LogP contribution is 2.29. The van der Waals surface area contributed by atoms with Gasteiger partial charge < -0.3 is 0 Å². The van der Waals surface area contributed by atoms with Crippen LogP contribution in [-0.4, -0.2) is 40.0 Å². The fourth-order valence-corrected chi connectivity index (χ4v) is 3.53. The molecule has 0 spiro atoms. The lowest BCUT2D eigenvalue weighted by Gasteiger charge is -2.09. The normalized spacial score (nSPS) is 11.5. The molecule has 0 aliphatic rings. The Kier molecular flexibility index (Phi) is 4.62. The van der Waals surface area contributed by atoms with Crippen LogP contribution >= 0.6 is 0 Å². The minimum absolute atomic E-state index is 0.0940. The number of aromatic amines is 1. The average Bonchev–Trinajstić information content (AvgIpc) is 3.47. The summed E-state index contributed by atoms with van der Waals surface area (Å²) in [6.45, 7) is 4.47. The number of aromatic nitrogens is 8. The van der Waals surface area contributed by atoms with E-state index in [0.29, 0.717) is 23.4 Å². The van der Waals surface area contributed by atoms with E-state index in [2.05, 4.69) is 30.7 Å². The third kappa shape index (κ3) is 3.50. The molecule has 1 N–H and O–H groups in total. The van der Waals surface area contributed by atoms with Crippen LogP contribution in [0.1, 0.15) is 25.5 Å². The molecule has 0 atom stereocenters. The van der Waals surface area contributed by atoms with Gasteiger partial charge in [0.1, 0.15) is 11.7 Å². The number of fused-ring (bicyclic) bond motifs is 1. The molecule has 154 valence electrons. The quantitative estimate of drug-likeness (QED) is 0.475. The number of tetrazole rings is 1. The molecule has 9 heteroatoms. The van der Waals surface area contributed by atoms with E-state index in [1.165, 1.54) is 0 Å². The monoisotopic (exact) mass is 412 g/mol. The van der Waals surface area contributed by atoms with Crippen LogP contribution in [0.5, 0.6) is 0 Å². The number of H-pyrrole nitrogens is 1. The predicted octanol–water partition coefficient (Wildman–Crippen LogP) is 3.07. The number of benzene rings is 2. The molecule has 3 aromatic heterocycles. The van der Waals surface area contributed by atoms with E-state index in [1.807, 2.05) is 62.4 Å². The van der Waals surface area contributed by atoms with Gasteiger partial charge >= 0.3 is 0 Å². The first-order valence-electron chi connectivity index (χ1n) is 9.96. The Morgan fingerprint density at radius 2 is 1.81 bits per heavy atom. The third-order valence-electron chi connectivity index (χ3n) is 5.18. The van der Waals surface area contributed by atoms with Crippen molar-refractivity contribution in [3.63, 3.8) is 0 Å². The Morgan fingerprint density at radius 1 is 1.03 bits per heavy atom. The highest BCUT2D eigenvalue weighted by atomic mass is 16.1. The highest BCUT2D eigenvalue weighted by molar-refractivity contribution is 5.80. The lowest BCUT2D eigenvalue weighted by molar-refractivity contribution is 0.536. The summed E-state index contributed by atoms with van der Waals surface area (Å²) in [4.78, 5) is 17.2. The molecule has 3 heterocycles. The van der Waals surface area contributed by atoms with E-state index in [1.54, 1.807) is 21.8 Å². The molecular weight excluding hydrogens is 392 g/mol. The van der Waals surface area contributed by atoms with Gasteiger partial charge in [0.25, 0.3) is 5.56 Å². The Bertz CT molecular complexity index is 1400. The lowest BCUT2D eigenvalue weighted by atomic mass is 9.98. The third-order valence-corrected chi connectivity index (χ3v) is 5.18. The first-order chi connectivity index (χ1) is 15.1. The number of hydrogen-bond donors (Lipinski definition) is 1. The molecule has 0 aliphatic heterocycles. The summed E-state index contributed by atoms with van der Waals surface area (Å²) >= 11 is 0. The molecule has 9 nitrogen and oxygen atoms in total. The number of hydrogen-bond acceptors (Lipinski definition) is 6. The van der Waals surface area contributed by atoms with Gasteiger partial charge in [-0.3, -0.25) is 14.0 Å². The summed E-state index contributed by atoms with van der Waals surface area (Å²) in [6, 6.07) is 16.2. The molecule has 5 rings (SSSR count). The van der Waals surface area contributed by atoms with Gasteiger partial charge in [-0.1, -0.05) is 48.5 Å². The average molecular weight is 412 g/mol. The maximum absolute atomic E-state index is 12.9. The van der Waals surface area contributed by atoms with Crippen LogP contribution in [0.3, 0.4) is 0 Å². The molecule has 2 aromatic carbocycles. The van der Waals surface area contributed by atoms with Crippen molar-refractivity contribution in [2.75, 3.05) is 0 Å². The van der Waals surface area contributed by atoms with Crippen molar-refractivity contribution in [2.24, 2.45) is 0 Å². The van der Waals surface area contributed by atoms with E-state index < -0.39 is 0 Å². The maximum Gasteiger partial charge on any atom is 0.264 e. The Labute approximate surface area is 177 Å². The van der Waals surface area contributed by atoms with Crippen LogP contribution in [0.15, 0.2) is 65.8 Å². The van der Waals surface area contributed by atoms with Crippen LogP contribution in [0.25, 0.3) is 33.5 Å². The summed E-state index contributed by atoms with van der Waals surface area (Å²) in [6.07, 6.45) is 3.32. The fourth-order valence-electron chi connectivity index (χ4n) is 3.53. The van der Waals surface area contributed by atoms with Crippen molar-refractivity contribution in [2.45, 2.75) is 26.4 Å². The zero-order valence-corrected chi connectivity index (χ0v) is 17.1. The number of rotatable bonds is 5. The molecule has 0 bridgehead atoms. The van der Waals surface area contributed by atoms with Crippen molar-refractivity contribution in [1.82, 2.24) is 40.0 Å². The first-order valence-corrected chi connectivity index (χ1v) is 9.96. The summed E-state index contributed by atoms with van der Waals surface area (Å²) in [5.41, 5.74) is 4.32. The Hall–Kier alpha value is -4.14. The van der Waals surface area contributed by atoms with E-state index in [4.69, 9.17) is 0 Å². The summed E-state index contributed by atoms with van der Waals surface area (Å²) in [5.74, 6) is 0.549. The van der Waals surface area contributed by atoms with Crippen LogP contribution < -0.4 is 5.56 Å². The fraction of sp³-hybridized carbons (Fsp3) is 0.182. The molecule has 0 saturated carbocycles. The summed E-state index contributed by atoms with van der Waals surface area (Å²) in [7, 11) is 0. The van der Waals surface area contributed by atoms with Crippen LogP contribution in [0, 0.1) is 0 Å². The zero-order chi connectivity index (χ0) is 21.4. The van der Waals surface area contributed by atoms with Gasteiger partial charge in [-0.15, -0.1) is 10.2 Å². The summed E-state index contributed by atoms with van der Waals surface area (Å²) < 4.78 is 3.37. The molecule has 0 amide bonds. The minimum atomic E-state index is -0.0940. The smallest absolute Gasteiger partial charge is 0.264 e. The number of nitrogens with zero attached hydrogens (tertiary/aromatic N) is 7. The zero-order valence-electron chi connectivity index (χ0n) is 17.1. The number of nitrogens with one attached hydrogen (secondary N) is 1. The molecule has 0 fully saturated rings. The van der Waals surface area contributed by atoms with Gasteiger partial charge in [0.05, 0.1) is 6.54 Å². The van der Waals surface area contributed by atoms with Gasteiger partial charge in [-0.25, -0.2) is 4.98 Å². The summed E-state index contributed by atoms with van der Waals surface area (Å²) in [5, 5.41) is 19.2. The van der Waals surface area contributed by atoms with Crippen LogP contribution in [0.2, 0.25) is 0 Å². The lowest BCUT2D eigenvalue weighted by Crippen LogP contribution is -2.20. The second kappa shape index (κ2) is 7.60. The van der Waals surface area contributed by atoms with Crippen molar-refractivity contribution in [3.8, 4) is 22.5 Å². The molecule has 0 unspecified atom stereocenters. The van der Waals surface area contributed by atoms with Crippen LogP contribution in [0.4, 0.5) is 0 Å². The van der Waals surface area contributed by atoms with E-state index in [0.717, 1.165) is 22.3 Å². The highest BCUT2D eigenvalue weighted by Gasteiger charge is 2.12. The molecule has 0 aliphatic carbocycles. The Balaban J connectivity index is 1.44. The van der Waals surface area contributed by atoms with Gasteiger partial charge in [0, 0.05) is 17.8 Å². The standard InChI is InChI=1S/C22H20N8O/c1-14(2)30-12-19-20(26-30)23-13-29(22(19)31)11-15-7-9-16(10-8-15)17-5-3-4-6-18(17)21-24-27-28-25-21/h3-10,12-14H,11H2,1-2H3,(H,24,25,27,28). The first kappa shape index (κ1) is 18.9. The molecule has 5 aromatic rings. The van der Waals surface area contributed by atoms with E-state index >= 15 is 0 Å². The SMILES string of the molecule is CC(C)n1cc2c(=O)n(Cc3ccc(-c4ccccc4-c4nn[nH]n4)cc3)cnc2n1. The minimum Gasteiger partial charge on any atom is -0.294 e. The van der Waals surface area contributed by atoms with E-state index in [-0.39, 0.29) is 11.6 Å². The van der Waals surface area contributed by atoms with Crippen molar-refractivity contribution < 1.29 is 0 Å². The van der Waals surface area contributed by atoms with Gasteiger partial charge in [0.2, 0.25) is 5.82 Å².